The highest BCUT2D eigenvalue weighted by Gasteiger charge is 2.04. The molecular formula is C16H15N3O2. The first-order valence-corrected chi connectivity index (χ1v) is 6.42. The number of nitro groups is 1. The average molecular weight is 281 g/mol. The monoisotopic (exact) mass is 281 g/mol. The number of hydrogen-bond donors (Lipinski definition) is 1. The molecule has 0 radical (unpaired) electrons. The van der Waals surface area contributed by atoms with Crippen LogP contribution in [0.4, 0.5) is 11.4 Å². The molecule has 5 heteroatoms. The van der Waals surface area contributed by atoms with Gasteiger partial charge in [-0.3, -0.25) is 15.5 Å². The standard InChI is InChI=1S/C16H15N3O2/c1-13(10-14-6-3-2-4-7-14)12-17-18-15-8-5-9-16(11-15)19(20)21/h2-12,18H,1H3/b13-10+,17-12-. The second-order valence-electron chi connectivity index (χ2n) is 4.48. The van der Waals surface area contributed by atoms with Crippen LogP contribution in [0.1, 0.15) is 12.5 Å². The zero-order valence-electron chi connectivity index (χ0n) is 11.6. The molecular weight excluding hydrogens is 266 g/mol. The van der Waals surface area contributed by atoms with E-state index in [0.717, 1.165) is 11.1 Å². The number of benzene rings is 2. The van der Waals surface area contributed by atoms with Gasteiger partial charge in [-0.2, -0.15) is 5.10 Å². The molecule has 0 fully saturated rings. The molecule has 2 aromatic carbocycles. The summed E-state index contributed by atoms with van der Waals surface area (Å²) < 4.78 is 0. The quantitative estimate of drug-likeness (QED) is 0.509. The molecule has 1 N–H and O–H groups in total. The van der Waals surface area contributed by atoms with E-state index in [4.69, 9.17) is 0 Å². The molecule has 0 aliphatic heterocycles. The van der Waals surface area contributed by atoms with Crippen molar-refractivity contribution in [3.05, 3.63) is 75.8 Å². The molecule has 5 nitrogen and oxygen atoms in total. The fourth-order valence-electron chi connectivity index (χ4n) is 1.75. The summed E-state index contributed by atoms with van der Waals surface area (Å²) in [5, 5.41) is 14.7. The van der Waals surface area contributed by atoms with Gasteiger partial charge in [0.05, 0.1) is 16.8 Å². The van der Waals surface area contributed by atoms with E-state index in [0.29, 0.717) is 5.69 Å². The summed E-state index contributed by atoms with van der Waals surface area (Å²) in [6.45, 7) is 1.94. The van der Waals surface area contributed by atoms with Crippen LogP contribution < -0.4 is 5.43 Å². The Bertz CT molecular complexity index is 679. The van der Waals surface area contributed by atoms with E-state index >= 15 is 0 Å². The van der Waals surface area contributed by atoms with Crippen molar-refractivity contribution < 1.29 is 4.92 Å². The molecule has 0 saturated carbocycles. The summed E-state index contributed by atoms with van der Waals surface area (Å²) >= 11 is 0. The van der Waals surface area contributed by atoms with Crippen LogP contribution in [0.2, 0.25) is 0 Å². The fourth-order valence-corrected chi connectivity index (χ4v) is 1.75. The van der Waals surface area contributed by atoms with Crippen LogP contribution in [0.25, 0.3) is 6.08 Å². The molecule has 0 bridgehead atoms. The Morgan fingerprint density at radius 1 is 1.19 bits per heavy atom. The molecule has 0 aliphatic rings. The molecule has 0 aliphatic carbocycles. The third kappa shape index (κ3) is 4.58. The number of allylic oxidation sites excluding steroid dienone is 1. The fraction of sp³-hybridized carbons (Fsp3) is 0.0625. The predicted molar refractivity (Wildman–Crippen MR) is 85.3 cm³/mol. The van der Waals surface area contributed by atoms with Gasteiger partial charge >= 0.3 is 0 Å². The molecule has 0 heterocycles. The van der Waals surface area contributed by atoms with Crippen molar-refractivity contribution in [1.82, 2.24) is 0 Å². The Balaban J connectivity index is 2.00. The van der Waals surface area contributed by atoms with Crippen LogP contribution in [0.15, 0.2) is 65.3 Å². The number of anilines is 1. The highest BCUT2D eigenvalue weighted by molar-refractivity contribution is 5.85. The Morgan fingerprint density at radius 2 is 1.95 bits per heavy atom. The first-order valence-electron chi connectivity index (χ1n) is 6.42. The normalized spacial score (nSPS) is 11.6. The maximum absolute atomic E-state index is 10.7. The number of non-ortho nitro benzene ring substituents is 1. The minimum absolute atomic E-state index is 0.0340. The van der Waals surface area contributed by atoms with E-state index < -0.39 is 4.92 Å². The van der Waals surface area contributed by atoms with Crippen molar-refractivity contribution in [3.8, 4) is 0 Å². The zero-order chi connectivity index (χ0) is 15.1. The lowest BCUT2D eigenvalue weighted by Gasteiger charge is -2.00. The summed E-state index contributed by atoms with van der Waals surface area (Å²) in [4.78, 5) is 10.2. The Labute approximate surface area is 122 Å². The van der Waals surface area contributed by atoms with Gasteiger partial charge in [0.1, 0.15) is 0 Å². The van der Waals surface area contributed by atoms with Gasteiger partial charge in [-0.25, -0.2) is 0 Å². The van der Waals surface area contributed by atoms with Crippen LogP contribution in [0.3, 0.4) is 0 Å². The SMILES string of the molecule is CC(/C=N\Nc1cccc([N+](=O)[O-])c1)=C\c1ccccc1. The second kappa shape index (κ2) is 7.00. The second-order valence-corrected chi connectivity index (χ2v) is 4.48. The summed E-state index contributed by atoms with van der Waals surface area (Å²) in [6, 6.07) is 16.1. The van der Waals surface area contributed by atoms with Crippen molar-refractivity contribution >= 4 is 23.7 Å². The topological polar surface area (TPSA) is 67.5 Å². The number of nitro benzene ring substituents is 1. The average Bonchev–Trinajstić information content (AvgIpc) is 2.48. The van der Waals surface area contributed by atoms with Gasteiger partial charge in [-0.15, -0.1) is 0 Å². The van der Waals surface area contributed by atoms with Crippen LogP contribution in [-0.2, 0) is 0 Å². The largest absolute Gasteiger partial charge is 0.278 e. The van der Waals surface area contributed by atoms with Gasteiger partial charge in [0, 0.05) is 12.1 Å². The molecule has 0 atom stereocenters. The molecule has 0 unspecified atom stereocenters. The molecule has 2 rings (SSSR count). The lowest BCUT2D eigenvalue weighted by Crippen LogP contribution is -1.92. The third-order valence-corrected chi connectivity index (χ3v) is 2.71. The molecule has 0 spiro atoms. The lowest BCUT2D eigenvalue weighted by atomic mass is 10.1. The van der Waals surface area contributed by atoms with Crippen LogP contribution in [0.5, 0.6) is 0 Å². The Kier molecular flexibility index (Phi) is 4.82. The smallest absolute Gasteiger partial charge is 0.271 e. The van der Waals surface area contributed by atoms with Gasteiger partial charge in [0.2, 0.25) is 0 Å². The van der Waals surface area contributed by atoms with Crippen LogP contribution >= 0.6 is 0 Å². The van der Waals surface area contributed by atoms with Gasteiger partial charge in [-0.1, -0.05) is 42.5 Å². The number of hydrazone groups is 1. The maximum atomic E-state index is 10.7. The van der Waals surface area contributed by atoms with E-state index in [2.05, 4.69) is 10.5 Å². The Morgan fingerprint density at radius 3 is 2.67 bits per heavy atom. The minimum atomic E-state index is -0.435. The highest BCUT2D eigenvalue weighted by atomic mass is 16.6. The molecule has 0 saturated heterocycles. The third-order valence-electron chi connectivity index (χ3n) is 2.71. The Hall–Kier alpha value is -2.95. The van der Waals surface area contributed by atoms with Crippen molar-refractivity contribution in [2.75, 3.05) is 5.43 Å². The summed E-state index contributed by atoms with van der Waals surface area (Å²) in [6.07, 6.45) is 3.67. The number of hydrogen-bond acceptors (Lipinski definition) is 4. The van der Waals surface area contributed by atoms with Gasteiger partial charge in [0.15, 0.2) is 0 Å². The van der Waals surface area contributed by atoms with E-state index in [-0.39, 0.29) is 5.69 Å². The number of rotatable bonds is 5. The van der Waals surface area contributed by atoms with Crippen molar-refractivity contribution in [3.63, 3.8) is 0 Å². The van der Waals surface area contributed by atoms with E-state index in [1.807, 2.05) is 43.3 Å². The van der Waals surface area contributed by atoms with E-state index in [1.54, 1.807) is 18.3 Å². The van der Waals surface area contributed by atoms with Crippen LogP contribution in [0, 0.1) is 10.1 Å². The van der Waals surface area contributed by atoms with Crippen molar-refractivity contribution in [2.24, 2.45) is 5.10 Å². The molecule has 2 aromatic rings. The van der Waals surface area contributed by atoms with Gasteiger partial charge in [-0.05, 0) is 24.1 Å². The summed E-state index contributed by atoms with van der Waals surface area (Å²) in [5.74, 6) is 0. The molecule has 0 aromatic heterocycles. The summed E-state index contributed by atoms with van der Waals surface area (Å²) in [7, 11) is 0. The predicted octanol–water partition coefficient (Wildman–Crippen LogP) is 4.10. The number of nitrogens with one attached hydrogen (secondary N) is 1. The van der Waals surface area contributed by atoms with Crippen LogP contribution in [-0.4, -0.2) is 11.1 Å². The van der Waals surface area contributed by atoms with E-state index in [1.165, 1.54) is 12.1 Å². The number of nitrogens with zero attached hydrogens (tertiary/aromatic N) is 2. The van der Waals surface area contributed by atoms with Gasteiger partial charge in [0.25, 0.3) is 5.69 Å². The highest BCUT2D eigenvalue weighted by Crippen LogP contribution is 2.16. The molecule has 21 heavy (non-hydrogen) atoms. The molecule has 0 amide bonds. The first-order chi connectivity index (χ1) is 10.1. The van der Waals surface area contributed by atoms with E-state index in [9.17, 15) is 10.1 Å². The maximum Gasteiger partial charge on any atom is 0.271 e. The summed E-state index contributed by atoms with van der Waals surface area (Å²) in [5.41, 5.74) is 5.46. The van der Waals surface area contributed by atoms with Gasteiger partial charge < -0.3 is 0 Å². The lowest BCUT2D eigenvalue weighted by molar-refractivity contribution is -0.384. The first kappa shape index (κ1) is 14.5. The van der Waals surface area contributed by atoms with Crippen molar-refractivity contribution in [1.29, 1.82) is 0 Å². The van der Waals surface area contributed by atoms with Crippen molar-refractivity contribution in [2.45, 2.75) is 6.92 Å². The zero-order valence-corrected chi connectivity index (χ0v) is 11.6. The molecule has 106 valence electrons. The minimum Gasteiger partial charge on any atom is -0.278 e.